The number of hydrogen-bond acceptors (Lipinski definition) is 7. The van der Waals surface area contributed by atoms with Crippen LogP contribution in [-0.4, -0.2) is 49.1 Å². The molecular formula is C24H23N5O4S. The number of anilines is 1. The average molecular weight is 478 g/mol. The van der Waals surface area contributed by atoms with Crippen molar-refractivity contribution in [1.82, 2.24) is 15.2 Å². The van der Waals surface area contributed by atoms with Crippen LogP contribution in [0.1, 0.15) is 26.4 Å². The zero-order valence-electron chi connectivity index (χ0n) is 18.8. The molecule has 1 N–H and O–H groups in total. The van der Waals surface area contributed by atoms with E-state index in [1.54, 1.807) is 48.3 Å². The number of thiazole rings is 1. The van der Waals surface area contributed by atoms with E-state index in [4.69, 9.17) is 9.47 Å². The predicted molar refractivity (Wildman–Crippen MR) is 127 cm³/mol. The minimum absolute atomic E-state index is 0.195. The molecule has 9 nitrogen and oxygen atoms in total. The summed E-state index contributed by atoms with van der Waals surface area (Å²) in [6, 6.07) is 14.6. The third-order valence-corrected chi connectivity index (χ3v) is 6.46. The van der Waals surface area contributed by atoms with Crippen molar-refractivity contribution in [2.75, 3.05) is 32.2 Å². The fourth-order valence-electron chi connectivity index (χ4n) is 3.63. The van der Waals surface area contributed by atoms with Crippen LogP contribution in [-0.2, 0) is 13.1 Å². The number of nitrogens with one attached hydrogen (secondary N) is 1. The number of hydrogen-bond donors (Lipinski definition) is 1. The van der Waals surface area contributed by atoms with E-state index in [1.807, 2.05) is 18.2 Å². The van der Waals surface area contributed by atoms with Crippen LogP contribution in [0.15, 0.2) is 48.7 Å². The summed E-state index contributed by atoms with van der Waals surface area (Å²) in [5.41, 5.74) is 2.21. The van der Waals surface area contributed by atoms with E-state index in [9.17, 15) is 14.9 Å². The second kappa shape index (κ2) is 10.2. The van der Waals surface area contributed by atoms with E-state index >= 15 is 0 Å². The van der Waals surface area contributed by atoms with Crippen LogP contribution in [0.2, 0.25) is 0 Å². The predicted octanol–water partition coefficient (Wildman–Crippen LogP) is 3.40. The van der Waals surface area contributed by atoms with Gasteiger partial charge in [0.2, 0.25) is 0 Å². The van der Waals surface area contributed by atoms with Gasteiger partial charge in [0, 0.05) is 26.2 Å². The Hall–Kier alpha value is -4.10. The minimum atomic E-state index is -0.273. The lowest BCUT2D eigenvalue weighted by Gasteiger charge is -2.17. The average Bonchev–Trinajstić information content (AvgIpc) is 3.49. The number of rotatable bonds is 8. The Morgan fingerprint density at radius 1 is 1.18 bits per heavy atom. The van der Waals surface area contributed by atoms with Crippen molar-refractivity contribution in [3.05, 3.63) is 70.2 Å². The van der Waals surface area contributed by atoms with Crippen molar-refractivity contribution in [2.24, 2.45) is 0 Å². The van der Waals surface area contributed by atoms with Crippen LogP contribution in [0.4, 0.5) is 9.93 Å². The molecule has 10 heteroatoms. The topological polar surface area (TPSA) is 108 Å². The lowest BCUT2D eigenvalue weighted by atomic mass is 10.1. The fraction of sp³-hybridized carbons (Fsp3) is 0.250. The molecule has 0 saturated carbocycles. The van der Waals surface area contributed by atoms with Gasteiger partial charge in [-0.2, -0.15) is 5.26 Å². The van der Waals surface area contributed by atoms with Gasteiger partial charge in [-0.15, -0.1) is 0 Å². The van der Waals surface area contributed by atoms with Crippen LogP contribution in [0, 0.1) is 11.3 Å². The molecule has 1 fully saturated rings. The molecule has 4 rings (SSSR count). The molecule has 3 aromatic rings. The van der Waals surface area contributed by atoms with E-state index in [-0.39, 0.29) is 11.9 Å². The largest absolute Gasteiger partial charge is 0.493 e. The molecule has 34 heavy (non-hydrogen) atoms. The molecule has 1 aliphatic rings. The summed E-state index contributed by atoms with van der Waals surface area (Å²) in [6.07, 6.45) is 1.48. The highest BCUT2D eigenvalue weighted by atomic mass is 32.1. The van der Waals surface area contributed by atoms with Crippen LogP contribution in [0.5, 0.6) is 11.5 Å². The standard InChI is InChI=1S/C24H23N5O4S/c1-32-19-8-7-16(11-20(19)33-2)13-26-22(30)21-14-27-23(34-21)29-10-9-28(24(29)31)15-18-6-4-3-5-17(18)12-25/h3-8,11,14H,9-10,13,15H2,1-2H3,(H,26,30). The van der Waals surface area contributed by atoms with Gasteiger partial charge < -0.3 is 19.7 Å². The van der Waals surface area contributed by atoms with Gasteiger partial charge in [0.1, 0.15) is 4.88 Å². The Morgan fingerprint density at radius 3 is 2.74 bits per heavy atom. The first-order chi connectivity index (χ1) is 16.5. The van der Waals surface area contributed by atoms with Gasteiger partial charge in [0.05, 0.1) is 32.0 Å². The van der Waals surface area contributed by atoms with Gasteiger partial charge >= 0.3 is 6.03 Å². The molecule has 1 saturated heterocycles. The van der Waals surface area contributed by atoms with E-state index in [2.05, 4.69) is 16.4 Å². The zero-order valence-corrected chi connectivity index (χ0v) is 19.6. The van der Waals surface area contributed by atoms with Crippen LogP contribution in [0.25, 0.3) is 0 Å². The smallest absolute Gasteiger partial charge is 0.326 e. The Kier molecular flexibility index (Phi) is 6.94. The van der Waals surface area contributed by atoms with Crippen molar-refractivity contribution in [2.45, 2.75) is 13.1 Å². The molecule has 0 atom stereocenters. The third-order valence-electron chi connectivity index (χ3n) is 5.44. The van der Waals surface area contributed by atoms with Crippen molar-refractivity contribution < 1.29 is 19.1 Å². The molecule has 3 amide bonds. The summed E-state index contributed by atoms with van der Waals surface area (Å²) < 4.78 is 10.5. The van der Waals surface area contributed by atoms with Crippen molar-refractivity contribution in [3.63, 3.8) is 0 Å². The quantitative estimate of drug-likeness (QED) is 0.533. The number of carbonyl (C=O) groups is 2. The van der Waals surface area contributed by atoms with Gasteiger partial charge in [-0.1, -0.05) is 35.6 Å². The molecular weight excluding hydrogens is 454 g/mol. The highest BCUT2D eigenvalue weighted by Gasteiger charge is 2.32. The monoisotopic (exact) mass is 477 g/mol. The number of ether oxygens (including phenoxy) is 2. The maximum absolute atomic E-state index is 12.9. The number of nitriles is 1. The molecule has 174 valence electrons. The molecule has 0 radical (unpaired) electrons. The number of benzene rings is 2. The normalized spacial score (nSPS) is 13.0. The van der Waals surface area contributed by atoms with Crippen LogP contribution < -0.4 is 19.7 Å². The molecule has 0 spiro atoms. The molecule has 0 bridgehead atoms. The van der Waals surface area contributed by atoms with Gasteiger partial charge in [0.25, 0.3) is 5.91 Å². The Labute approximate surface area is 201 Å². The molecule has 1 aromatic heterocycles. The first kappa shape index (κ1) is 23.1. The number of aromatic nitrogens is 1. The van der Waals surface area contributed by atoms with Crippen molar-refractivity contribution in [3.8, 4) is 17.6 Å². The summed E-state index contributed by atoms with van der Waals surface area (Å²) >= 11 is 1.17. The second-order valence-corrected chi connectivity index (χ2v) is 8.51. The summed E-state index contributed by atoms with van der Waals surface area (Å²) in [6.45, 7) is 1.64. The van der Waals surface area contributed by atoms with Gasteiger partial charge in [-0.25, -0.2) is 9.78 Å². The maximum atomic E-state index is 12.9. The number of methoxy groups -OCH3 is 2. The molecule has 0 aliphatic carbocycles. The third kappa shape index (κ3) is 4.79. The lowest BCUT2D eigenvalue weighted by Crippen LogP contribution is -2.31. The summed E-state index contributed by atoms with van der Waals surface area (Å²) in [5.74, 6) is 0.930. The van der Waals surface area contributed by atoms with E-state index in [0.29, 0.717) is 53.3 Å². The van der Waals surface area contributed by atoms with E-state index in [0.717, 1.165) is 11.1 Å². The Bertz CT molecular complexity index is 1250. The number of amides is 3. The van der Waals surface area contributed by atoms with E-state index < -0.39 is 0 Å². The maximum Gasteiger partial charge on any atom is 0.326 e. The number of nitrogens with zero attached hydrogens (tertiary/aromatic N) is 4. The van der Waals surface area contributed by atoms with Crippen molar-refractivity contribution in [1.29, 1.82) is 5.26 Å². The first-order valence-corrected chi connectivity index (χ1v) is 11.3. The number of urea groups is 1. The Balaban J connectivity index is 1.38. The minimum Gasteiger partial charge on any atom is -0.493 e. The fourth-order valence-corrected chi connectivity index (χ4v) is 4.49. The Morgan fingerprint density at radius 2 is 1.97 bits per heavy atom. The zero-order chi connectivity index (χ0) is 24.1. The van der Waals surface area contributed by atoms with Crippen molar-refractivity contribution >= 4 is 28.4 Å². The summed E-state index contributed by atoms with van der Waals surface area (Å²) in [5, 5.41) is 12.6. The molecule has 1 aliphatic heterocycles. The lowest BCUT2D eigenvalue weighted by molar-refractivity contribution is 0.0954. The van der Waals surface area contributed by atoms with Gasteiger partial charge in [-0.05, 0) is 29.3 Å². The second-order valence-electron chi connectivity index (χ2n) is 7.50. The van der Waals surface area contributed by atoms with Crippen LogP contribution in [0.3, 0.4) is 0 Å². The van der Waals surface area contributed by atoms with Gasteiger partial charge in [-0.3, -0.25) is 9.69 Å². The van der Waals surface area contributed by atoms with E-state index in [1.165, 1.54) is 17.5 Å². The molecule has 2 heterocycles. The number of carbonyl (C=O) groups excluding carboxylic acids is 2. The molecule has 2 aromatic carbocycles. The van der Waals surface area contributed by atoms with Gasteiger partial charge in [0.15, 0.2) is 16.6 Å². The highest BCUT2D eigenvalue weighted by Crippen LogP contribution is 2.29. The highest BCUT2D eigenvalue weighted by molar-refractivity contribution is 7.17. The summed E-state index contributed by atoms with van der Waals surface area (Å²) in [7, 11) is 3.12. The summed E-state index contributed by atoms with van der Waals surface area (Å²) in [4.78, 5) is 33.5. The first-order valence-electron chi connectivity index (χ1n) is 10.5. The van der Waals surface area contributed by atoms with Crippen LogP contribution >= 0.6 is 11.3 Å². The molecule has 0 unspecified atom stereocenters. The SMILES string of the molecule is COc1ccc(CNC(=O)c2cnc(N3CCN(Cc4ccccc4C#N)C3=O)s2)cc1OC.